The van der Waals surface area contributed by atoms with Crippen LogP contribution in [0.3, 0.4) is 0 Å². The van der Waals surface area contributed by atoms with Gasteiger partial charge in [0.2, 0.25) is 0 Å². The molecule has 0 aromatic heterocycles. The summed E-state index contributed by atoms with van der Waals surface area (Å²) in [5.41, 5.74) is 0.758. The van der Waals surface area contributed by atoms with Crippen molar-refractivity contribution in [2.75, 3.05) is 0 Å². The van der Waals surface area contributed by atoms with Crippen LogP contribution in [0.2, 0.25) is 0 Å². The molecule has 2 unspecified atom stereocenters. The van der Waals surface area contributed by atoms with Crippen molar-refractivity contribution in [1.82, 2.24) is 4.90 Å². The van der Waals surface area contributed by atoms with Crippen LogP contribution in [0.4, 0.5) is 0 Å². The lowest BCUT2D eigenvalue weighted by atomic mass is 10.1. The fourth-order valence-electron chi connectivity index (χ4n) is 2.43. The number of hydrogen-bond donors (Lipinski definition) is 0. The third-order valence-corrected chi connectivity index (χ3v) is 3.40. The molecule has 0 fully saturated rings. The zero-order chi connectivity index (χ0) is 14.8. The lowest BCUT2D eigenvalue weighted by Crippen LogP contribution is -2.40. The number of nitrogens with zero attached hydrogens (tertiary/aromatic N) is 1. The topological polar surface area (TPSA) is 29.5 Å². The van der Waals surface area contributed by atoms with Crippen molar-refractivity contribution in [1.29, 1.82) is 0 Å². The molecule has 108 valence electrons. The zero-order valence-corrected chi connectivity index (χ0v) is 12.7. The van der Waals surface area contributed by atoms with E-state index in [2.05, 4.69) is 24.0 Å². The molecule has 0 bridgehead atoms. The second kappa shape index (κ2) is 5.70. The van der Waals surface area contributed by atoms with Crippen molar-refractivity contribution in [2.24, 2.45) is 0 Å². The van der Waals surface area contributed by atoms with Gasteiger partial charge in [0, 0.05) is 0 Å². The average Bonchev–Trinajstić information content (AvgIpc) is 2.86. The molecule has 1 aliphatic heterocycles. The van der Waals surface area contributed by atoms with Crippen LogP contribution in [0.25, 0.3) is 0 Å². The summed E-state index contributed by atoms with van der Waals surface area (Å²) in [6, 6.07) is 10.2. The van der Waals surface area contributed by atoms with Gasteiger partial charge in [0.1, 0.15) is 11.6 Å². The molecule has 2 atom stereocenters. The molecule has 0 amide bonds. The lowest BCUT2D eigenvalue weighted by Gasteiger charge is -2.32. The smallest absolute Gasteiger partial charge is 0.329 e. The number of carbonyl (C=O) groups is 1. The molecule has 0 radical (unpaired) electrons. The van der Waals surface area contributed by atoms with E-state index in [0.717, 1.165) is 0 Å². The van der Waals surface area contributed by atoms with Crippen LogP contribution >= 0.6 is 0 Å². The Morgan fingerprint density at radius 3 is 2.55 bits per heavy atom. The van der Waals surface area contributed by atoms with E-state index in [9.17, 15) is 4.79 Å². The molecule has 20 heavy (non-hydrogen) atoms. The van der Waals surface area contributed by atoms with Crippen molar-refractivity contribution < 1.29 is 9.53 Å². The maximum Gasteiger partial charge on any atom is 0.329 e. The van der Waals surface area contributed by atoms with E-state index in [0.29, 0.717) is 6.42 Å². The van der Waals surface area contributed by atoms with Crippen molar-refractivity contribution in [3.63, 3.8) is 0 Å². The van der Waals surface area contributed by atoms with Crippen molar-refractivity contribution >= 4 is 5.97 Å². The molecule has 2 rings (SSSR count). The number of esters is 1. The van der Waals surface area contributed by atoms with Crippen LogP contribution < -0.4 is 0 Å². The Kier molecular flexibility index (Phi) is 4.17. The Morgan fingerprint density at radius 1 is 1.30 bits per heavy atom. The highest BCUT2D eigenvalue weighted by atomic mass is 16.6. The number of rotatable bonds is 3. The molecule has 0 saturated carbocycles. The number of hydrogen-bond acceptors (Lipinski definition) is 3. The van der Waals surface area contributed by atoms with E-state index in [4.69, 9.17) is 4.74 Å². The van der Waals surface area contributed by atoms with E-state index in [-0.39, 0.29) is 18.1 Å². The number of carbonyl (C=O) groups excluding carboxylic acids is 1. The minimum atomic E-state index is -0.443. The summed E-state index contributed by atoms with van der Waals surface area (Å²) in [4.78, 5) is 14.4. The Labute approximate surface area is 121 Å². The first kappa shape index (κ1) is 14.6. The molecule has 0 N–H and O–H groups in total. The van der Waals surface area contributed by atoms with Crippen LogP contribution in [0.15, 0.2) is 42.6 Å². The third-order valence-electron chi connectivity index (χ3n) is 3.40. The highest BCUT2D eigenvalue weighted by Crippen LogP contribution is 2.29. The Hall–Kier alpha value is -1.77. The highest BCUT2D eigenvalue weighted by molar-refractivity contribution is 5.77. The predicted molar refractivity (Wildman–Crippen MR) is 80.1 cm³/mol. The van der Waals surface area contributed by atoms with Gasteiger partial charge in [-0.25, -0.2) is 4.79 Å². The van der Waals surface area contributed by atoms with E-state index < -0.39 is 5.60 Å². The van der Waals surface area contributed by atoms with Crippen LogP contribution in [0, 0.1) is 0 Å². The van der Waals surface area contributed by atoms with Crippen molar-refractivity contribution in [3.8, 4) is 0 Å². The molecule has 1 aromatic rings. The molecule has 1 aromatic carbocycles. The maximum atomic E-state index is 12.3. The molecular formula is C17H23NO2. The van der Waals surface area contributed by atoms with Gasteiger partial charge in [-0.2, -0.15) is 0 Å². The van der Waals surface area contributed by atoms with Gasteiger partial charge < -0.3 is 9.64 Å². The van der Waals surface area contributed by atoms with Gasteiger partial charge >= 0.3 is 5.97 Å². The fourth-order valence-corrected chi connectivity index (χ4v) is 2.43. The normalized spacial score (nSPS) is 20.0. The van der Waals surface area contributed by atoms with Crippen LogP contribution in [0.1, 0.15) is 45.7 Å². The third kappa shape index (κ3) is 3.41. The van der Waals surface area contributed by atoms with Gasteiger partial charge in [0.25, 0.3) is 0 Å². The first-order chi connectivity index (χ1) is 9.38. The summed E-state index contributed by atoms with van der Waals surface area (Å²) in [5.74, 6) is -0.148. The molecule has 3 nitrogen and oxygen atoms in total. The zero-order valence-electron chi connectivity index (χ0n) is 12.7. The largest absolute Gasteiger partial charge is 0.458 e. The second-order valence-electron chi connectivity index (χ2n) is 6.20. The van der Waals surface area contributed by atoms with Crippen LogP contribution in [0.5, 0.6) is 0 Å². The van der Waals surface area contributed by atoms with Crippen molar-refractivity contribution in [2.45, 2.75) is 51.8 Å². The summed E-state index contributed by atoms with van der Waals surface area (Å²) in [6.45, 7) is 7.82. The first-order valence-electron chi connectivity index (χ1n) is 7.10. The van der Waals surface area contributed by atoms with E-state index in [1.54, 1.807) is 0 Å². The second-order valence-corrected chi connectivity index (χ2v) is 6.20. The van der Waals surface area contributed by atoms with Gasteiger partial charge in [-0.1, -0.05) is 36.4 Å². The van der Waals surface area contributed by atoms with E-state index in [1.807, 2.05) is 51.2 Å². The van der Waals surface area contributed by atoms with Gasteiger partial charge in [0.15, 0.2) is 0 Å². The van der Waals surface area contributed by atoms with E-state index >= 15 is 0 Å². The highest BCUT2D eigenvalue weighted by Gasteiger charge is 2.33. The molecule has 3 heteroatoms. The Bertz CT molecular complexity index is 487. The molecule has 0 aliphatic carbocycles. The minimum absolute atomic E-state index is 0.148. The Balaban J connectivity index is 2.11. The maximum absolute atomic E-state index is 12.3. The quantitative estimate of drug-likeness (QED) is 0.787. The summed E-state index contributed by atoms with van der Waals surface area (Å²) >= 11 is 0. The molecule has 1 aliphatic rings. The fraction of sp³-hybridized carbons (Fsp3) is 0.471. The summed E-state index contributed by atoms with van der Waals surface area (Å²) in [6.07, 6.45) is 4.76. The van der Waals surface area contributed by atoms with Crippen molar-refractivity contribution in [3.05, 3.63) is 48.2 Å². The predicted octanol–water partition coefficient (Wildman–Crippen LogP) is 3.68. The van der Waals surface area contributed by atoms with Crippen LogP contribution in [-0.4, -0.2) is 22.5 Å². The van der Waals surface area contributed by atoms with E-state index in [1.165, 1.54) is 5.56 Å². The standard InChI is InChI=1S/C17H23NO2/c1-13(14-9-6-5-7-10-14)18-12-8-11-15(18)16(19)20-17(2,3)4/h5-10,12-13,15H,11H2,1-4H3. The minimum Gasteiger partial charge on any atom is -0.458 e. The number of ether oxygens (including phenoxy) is 1. The number of benzene rings is 1. The lowest BCUT2D eigenvalue weighted by molar-refractivity contribution is -0.160. The first-order valence-corrected chi connectivity index (χ1v) is 7.10. The summed E-state index contributed by atoms with van der Waals surface area (Å²) in [5, 5.41) is 0. The summed E-state index contributed by atoms with van der Waals surface area (Å²) < 4.78 is 5.52. The average molecular weight is 273 g/mol. The Morgan fingerprint density at radius 2 is 1.95 bits per heavy atom. The SMILES string of the molecule is CC(c1ccccc1)N1C=CCC1C(=O)OC(C)(C)C. The molecule has 1 heterocycles. The summed E-state index contributed by atoms with van der Waals surface area (Å²) in [7, 11) is 0. The van der Waals surface area contributed by atoms with Gasteiger partial charge in [-0.3, -0.25) is 0 Å². The molecule has 0 saturated heterocycles. The van der Waals surface area contributed by atoms with Gasteiger partial charge in [0.05, 0.1) is 6.04 Å². The van der Waals surface area contributed by atoms with Gasteiger partial charge in [-0.05, 0) is 45.9 Å². The molecular weight excluding hydrogens is 250 g/mol. The van der Waals surface area contributed by atoms with Gasteiger partial charge in [-0.15, -0.1) is 0 Å². The molecule has 0 spiro atoms. The monoisotopic (exact) mass is 273 g/mol. The van der Waals surface area contributed by atoms with Crippen LogP contribution in [-0.2, 0) is 9.53 Å².